The quantitative estimate of drug-likeness (QED) is 0.458. The third-order valence-electron chi connectivity index (χ3n) is 4.48. The summed E-state index contributed by atoms with van der Waals surface area (Å²) in [5.74, 6) is 0.252. The molecule has 0 radical (unpaired) electrons. The second-order valence-electron chi connectivity index (χ2n) is 7.33. The minimum Gasteiger partial charge on any atom is -0.403 e. The van der Waals surface area contributed by atoms with Gasteiger partial charge in [0.1, 0.15) is 6.10 Å². The SMILES string of the molecule is CC1(C)COP(=O)(Nc2nnc(-c3ccc(Cl)cc3)o2)O[C@H]1c1ccc(Cl)cc1. The van der Waals surface area contributed by atoms with Crippen LogP contribution in [0.2, 0.25) is 10.0 Å². The molecular weight excluding hydrogens is 436 g/mol. The Kier molecular flexibility index (Phi) is 5.44. The van der Waals surface area contributed by atoms with E-state index in [4.69, 9.17) is 36.7 Å². The molecule has 29 heavy (non-hydrogen) atoms. The fraction of sp³-hybridized carbons (Fsp3) is 0.263. The van der Waals surface area contributed by atoms with Crippen LogP contribution < -0.4 is 5.09 Å². The third kappa shape index (κ3) is 4.49. The largest absolute Gasteiger partial charge is 0.436 e. The number of anilines is 1. The molecule has 2 heterocycles. The molecule has 2 aromatic carbocycles. The monoisotopic (exact) mass is 453 g/mol. The van der Waals surface area contributed by atoms with Gasteiger partial charge in [0.05, 0.1) is 6.61 Å². The van der Waals surface area contributed by atoms with Crippen molar-refractivity contribution in [2.75, 3.05) is 11.7 Å². The van der Waals surface area contributed by atoms with Crippen molar-refractivity contribution in [1.29, 1.82) is 0 Å². The summed E-state index contributed by atoms with van der Waals surface area (Å²) in [6, 6.07) is 14.1. The van der Waals surface area contributed by atoms with Gasteiger partial charge in [0.15, 0.2) is 0 Å². The molecule has 10 heteroatoms. The molecule has 1 aliphatic heterocycles. The van der Waals surface area contributed by atoms with Gasteiger partial charge in [0.2, 0.25) is 5.89 Å². The Balaban J connectivity index is 1.55. The molecule has 1 N–H and O–H groups in total. The van der Waals surface area contributed by atoms with Gasteiger partial charge in [0, 0.05) is 21.0 Å². The summed E-state index contributed by atoms with van der Waals surface area (Å²) < 4.78 is 30.2. The lowest BCUT2D eigenvalue weighted by atomic mass is 9.83. The van der Waals surface area contributed by atoms with Gasteiger partial charge >= 0.3 is 13.8 Å². The van der Waals surface area contributed by atoms with Crippen LogP contribution in [-0.2, 0) is 13.6 Å². The van der Waals surface area contributed by atoms with Crippen molar-refractivity contribution in [1.82, 2.24) is 10.2 Å². The third-order valence-corrected chi connectivity index (χ3v) is 6.41. The number of halogens is 2. The predicted molar refractivity (Wildman–Crippen MR) is 111 cm³/mol. The van der Waals surface area contributed by atoms with Gasteiger partial charge < -0.3 is 4.42 Å². The van der Waals surface area contributed by atoms with Crippen LogP contribution in [0.3, 0.4) is 0 Å². The first-order valence-electron chi connectivity index (χ1n) is 8.80. The van der Waals surface area contributed by atoms with Gasteiger partial charge in [0.25, 0.3) is 0 Å². The zero-order valence-electron chi connectivity index (χ0n) is 15.6. The van der Waals surface area contributed by atoms with Gasteiger partial charge in [-0.05, 0) is 42.0 Å². The molecule has 2 atom stereocenters. The number of aromatic nitrogens is 2. The van der Waals surface area contributed by atoms with E-state index in [0.717, 1.165) is 5.56 Å². The normalized spacial score (nSPS) is 23.7. The number of nitrogens with one attached hydrogen (secondary N) is 1. The second-order valence-corrected chi connectivity index (χ2v) is 9.89. The lowest BCUT2D eigenvalue weighted by molar-refractivity contribution is -0.0250. The van der Waals surface area contributed by atoms with E-state index in [2.05, 4.69) is 15.3 Å². The molecule has 3 aromatic rings. The number of rotatable bonds is 4. The van der Waals surface area contributed by atoms with E-state index in [1.54, 1.807) is 36.4 Å². The van der Waals surface area contributed by atoms with Crippen LogP contribution >= 0.6 is 30.9 Å². The highest BCUT2D eigenvalue weighted by Crippen LogP contribution is 2.60. The van der Waals surface area contributed by atoms with Crippen molar-refractivity contribution in [3.8, 4) is 11.5 Å². The van der Waals surface area contributed by atoms with E-state index in [1.807, 2.05) is 26.0 Å². The molecule has 1 unspecified atom stereocenters. The maximum Gasteiger partial charge on any atom is 0.436 e. The van der Waals surface area contributed by atoms with Gasteiger partial charge in [-0.3, -0.25) is 9.05 Å². The van der Waals surface area contributed by atoms with Crippen LogP contribution in [-0.4, -0.2) is 16.8 Å². The van der Waals surface area contributed by atoms with Gasteiger partial charge in [-0.1, -0.05) is 54.3 Å². The van der Waals surface area contributed by atoms with Crippen molar-refractivity contribution >= 4 is 37.0 Å². The Bertz CT molecular complexity index is 1050. The number of nitrogens with zero attached hydrogens (tertiary/aromatic N) is 2. The highest BCUT2D eigenvalue weighted by Gasteiger charge is 2.46. The topological polar surface area (TPSA) is 86.5 Å². The summed E-state index contributed by atoms with van der Waals surface area (Å²) in [6.45, 7) is 4.16. The first-order valence-corrected chi connectivity index (χ1v) is 11.1. The van der Waals surface area contributed by atoms with Gasteiger partial charge in [-0.2, -0.15) is 0 Å². The standard InChI is InChI=1S/C19H18Cl2N3O4P/c1-19(2)11-26-29(25,28-16(19)12-3-7-14(20)8-4-12)24-18-23-22-17(27-18)13-5-9-15(21)10-6-13/h3-10,16H,11H2,1-2H3,(H,23,24,25)/t16-,29?/m0/s1. The van der Waals surface area contributed by atoms with E-state index >= 15 is 0 Å². The molecule has 0 aliphatic carbocycles. The van der Waals surface area contributed by atoms with Crippen molar-refractivity contribution in [2.45, 2.75) is 20.0 Å². The summed E-state index contributed by atoms with van der Waals surface area (Å²) in [6.07, 6.45) is -0.481. The van der Waals surface area contributed by atoms with E-state index in [9.17, 15) is 4.57 Å². The smallest absolute Gasteiger partial charge is 0.403 e. The van der Waals surface area contributed by atoms with Crippen molar-refractivity contribution in [3.05, 3.63) is 64.1 Å². The Labute approximate surface area is 177 Å². The Hall–Kier alpha value is -1.89. The molecule has 7 nitrogen and oxygen atoms in total. The predicted octanol–water partition coefficient (Wildman–Crippen LogP) is 6.38. The fourth-order valence-corrected chi connectivity index (χ4v) is 4.88. The number of hydrogen-bond donors (Lipinski definition) is 1. The molecule has 1 aromatic heterocycles. The van der Waals surface area contributed by atoms with Crippen molar-refractivity contribution in [2.24, 2.45) is 5.41 Å². The van der Waals surface area contributed by atoms with Gasteiger partial charge in [-0.15, -0.1) is 5.10 Å². The summed E-state index contributed by atoms with van der Waals surface area (Å²) >= 11 is 11.9. The maximum atomic E-state index is 13.2. The zero-order chi connectivity index (χ0) is 20.6. The van der Waals surface area contributed by atoms with Crippen LogP contribution in [0.15, 0.2) is 52.9 Å². The highest BCUT2D eigenvalue weighted by atomic mass is 35.5. The van der Waals surface area contributed by atoms with E-state index in [-0.39, 0.29) is 18.5 Å². The summed E-state index contributed by atoms with van der Waals surface area (Å²) in [7, 11) is -3.74. The molecule has 152 valence electrons. The van der Waals surface area contributed by atoms with Gasteiger partial charge in [-0.25, -0.2) is 9.65 Å². The Morgan fingerprint density at radius 3 is 2.31 bits per heavy atom. The summed E-state index contributed by atoms with van der Waals surface area (Å²) in [5.41, 5.74) is 1.11. The number of benzene rings is 2. The van der Waals surface area contributed by atoms with Crippen LogP contribution in [0.5, 0.6) is 0 Å². The molecule has 0 spiro atoms. The van der Waals surface area contributed by atoms with E-state index in [1.165, 1.54) is 0 Å². The Morgan fingerprint density at radius 2 is 1.66 bits per heavy atom. The molecular formula is C19H18Cl2N3O4P. The second kappa shape index (κ2) is 7.74. The lowest BCUT2D eigenvalue weighted by Gasteiger charge is -2.41. The minimum absolute atomic E-state index is 0.0622. The molecule has 1 fully saturated rings. The average molecular weight is 454 g/mol. The van der Waals surface area contributed by atoms with Crippen LogP contribution in [0.1, 0.15) is 25.5 Å². The summed E-state index contributed by atoms with van der Waals surface area (Å²) in [4.78, 5) is 0. The van der Waals surface area contributed by atoms with Crippen molar-refractivity contribution in [3.63, 3.8) is 0 Å². The van der Waals surface area contributed by atoms with E-state index < -0.39 is 19.3 Å². The van der Waals surface area contributed by atoms with E-state index in [0.29, 0.717) is 15.6 Å². The summed E-state index contributed by atoms with van der Waals surface area (Å²) in [5, 5.41) is 11.7. The molecule has 0 bridgehead atoms. The average Bonchev–Trinajstić information content (AvgIpc) is 3.13. The molecule has 4 rings (SSSR count). The fourth-order valence-electron chi connectivity index (χ4n) is 2.94. The number of hydrogen-bond acceptors (Lipinski definition) is 6. The molecule has 0 saturated carbocycles. The Morgan fingerprint density at radius 1 is 1.03 bits per heavy atom. The van der Waals surface area contributed by atoms with Crippen molar-refractivity contribution < 1.29 is 18.0 Å². The first-order chi connectivity index (χ1) is 13.7. The van der Waals surface area contributed by atoms with Crippen LogP contribution in [0, 0.1) is 5.41 Å². The lowest BCUT2D eigenvalue weighted by Crippen LogP contribution is -2.34. The molecule has 1 aliphatic rings. The minimum atomic E-state index is -3.74. The maximum absolute atomic E-state index is 13.2. The van der Waals surface area contributed by atoms with Crippen LogP contribution in [0.25, 0.3) is 11.5 Å². The molecule has 1 saturated heterocycles. The van der Waals surface area contributed by atoms with Crippen LogP contribution in [0.4, 0.5) is 6.01 Å². The molecule has 0 amide bonds. The zero-order valence-corrected chi connectivity index (χ0v) is 18.0. The first kappa shape index (κ1) is 20.4. The highest BCUT2D eigenvalue weighted by molar-refractivity contribution is 7.55.